The first-order chi connectivity index (χ1) is 10.7. The van der Waals surface area contributed by atoms with Gasteiger partial charge in [-0.05, 0) is 43.5 Å². The number of pyridine rings is 1. The van der Waals surface area contributed by atoms with E-state index < -0.39 is 0 Å². The van der Waals surface area contributed by atoms with E-state index in [1.807, 2.05) is 16.8 Å². The molecule has 4 heterocycles. The van der Waals surface area contributed by atoms with Crippen LogP contribution >= 0.6 is 0 Å². The summed E-state index contributed by atoms with van der Waals surface area (Å²) in [6.45, 7) is 3.31. The Kier molecular flexibility index (Phi) is 3.12. The van der Waals surface area contributed by atoms with Crippen molar-refractivity contribution in [2.75, 3.05) is 19.6 Å². The number of carbonyl (C=O) groups is 1. The lowest BCUT2D eigenvalue weighted by Crippen LogP contribution is -2.47. The van der Waals surface area contributed by atoms with Crippen LogP contribution in [0.3, 0.4) is 0 Å². The molecule has 4 rings (SSSR count). The maximum atomic E-state index is 12.5. The number of rotatable bonds is 2. The molecule has 2 fully saturated rings. The van der Waals surface area contributed by atoms with Crippen LogP contribution in [0.2, 0.25) is 0 Å². The highest BCUT2D eigenvalue weighted by Gasteiger charge is 2.32. The van der Waals surface area contributed by atoms with Crippen molar-refractivity contribution in [3.63, 3.8) is 0 Å². The second-order valence-electron chi connectivity index (χ2n) is 6.37. The third kappa shape index (κ3) is 2.26. The SMILES string of the molecule is N#Cc1ccn2ccc(C(=O)N[C@@H]3C[C@@H]4CCN(C4)C3)cc12. The minimum atomic E-state index is -0.0416. The average molecular weight is 294 g/mol. The van der Waals surface area contributed by atoms with E-state index >= 15 is 0 Å². The summed E-state index contributed by atoms with van der Waals surface area (Å²) < 4.78 is 1.86. The fourth-order valence-corrected chi connectivity index (χ4v) is 3.77. The number of piperidine rings is 1. The monoisotopic (exact) mass is 294 g/mol. The minimum Gasteiger partial charge on any atom is -0.348 e. The van der Waals surface area contributed by atoms with Gasteiger partial charge in [-0.3, -0.25) is 4.79 Å². The number of hydrogen-bond donors (Lipinski definition) is 1. The van der Waals surface area contributed by atoms with Crippen LogP contribution in [0.5, 0.6) is 0 Å². The highest BCUT2D eigenvalue weighted by atomic mass is 16.1. The topological polar surface area (TPSA) is 60.5 Å². The largest absolute Gasteiger partial charge is 0.348 e. The van der Waals surface area contributed by atoms with Crippen molar-refractivity contribution in [3.05, 3.63) is 41.7 Å². The molecule has 0 radical (unpaired) electrons. The van der Waals surface area contributed by atoms with Crippen LogP contribution in [-0.2, 0) is 0 Å². The zero-order chi connectivity index (χ0) is 15.1. The summed E-state index contributed by atoms with van der Waals surface area (Å²) in [5, 5.41) is 12.3. The highest BCUT2D eigenvalue weighted by molar-refractivity contribution is 5.95. The molecule has 1 unspecified atom stereocenters. The first kappa shape index (κ1) is 13.4. The van der Waals surface area contributed by atoms with Crippen LogP contribution in [0.25, 0.3) is 5.52 Å². The molecule has 1 amide bonds. The molecule has 2 aliphatic rings. The number of fused-ring (bicyclic) bond motifs is 3. The summed E-state index contributed by atoms with van der Waals surface area (Å²) in [5.41, 5.74) is 2.00. The van der Waals surface area contributed by atoms with E-state index in [4.69, 9.17) is 5.26 Å². The van der Waals surface area contributed by atoms with Crippen LogP contribution in [0, 0.1) is 17.2 Å². The Morgan fingerprint density at radius 1 is 1.32 bits per heavy atom. The highest BCUT2D eigenvalue weighted by Crippen LogP contribution is 2.26. The summed E-state index contributed by atoms with van der Waals surface area (Å²) >= 11 is 0. The molecule has 5 nitrogen and oxygen atoms in total. The van der Waals surface area contributed by atoms with Crippen LogP contribution in [0.15, 0.2) is 30.6 Å². The fraction of sp³-hybridized carbons (Fsp3) is 0.412. The van der Waals surface area contributed by atoms with E-state index in [9.17, 15) is 4.79 Å². The van der Waals surface area contributed by atoms with E-state index in [0.29, 0.717) is 11.1 Å². The molecule has 2 aliphatic heterocycles. The van der Waals surface area contributed by atoms with Gasteiger partial charge in [-0.15, -0.1) is 0 Å². The third-order valence-electron chi connectivity index (χ3n) is 4.85. The quantitative estimate of drug-likeness (QED) is 0.916. The van der Waals surface area contributed by atoms with Gasteiger partial charge in [-0.2, -0.15) is 5.26 Å². The molecule has 2 aromatic rings. The van der Waals surface area contributed by atoms with E-state index in [0.717, 1.165) is 24.4 Å². The summed E-state index contributed by atoms with van der Waals surface area (Å²) in [7, 11) is 0. The van der Waals surface area contributed by atoms with E-state index in [-0.39, 0.29) is 11.9 Å². The van der Waals surface area contributed by atoms with Crippen LogP contribution in [-0.4, -0.2) is 40.9 Å². The Morgan fingerprint density at radius 2 is 2.18 bits per heavy atom. The summed E-state index contributed by atoms with van der Waals surface area (Å²) in [6, 6.07) is 7.77. The molecule has 1 N–H and O–H groups in total. The first-order valence-electron chi connectivity index (χ1n) is 7.77. The van der Waals surface area contributed by atoms with E-state index in [1.54, 1.807) is 18.2 Å². The van der Waals surface area contributed by atoms with Crippen molar-refractivity contribution < 1.29 is 4.79 Å². The number of nitrogens with zero attached hydrogens (tertiary/aromatic N) is 3. The Hall–Kier alpha value is -2.32. The van der Waals surface area contributed by atoms with Gasteiger partial charge in [0.2, 0.25) is 0 Å². The van der Waals surface area contributed by atoms with Crippen molar-refractivity contribution in [3.8, 4) is 6.07 Å². The Balaban J connectivity index is 1.54. The van der Waals surface area contributed by atoms with E-state index in [2.05, 4.69) is 16.3 Å². The third-order valence-corrected chi connectivity index (χ3v) is 4.85. The molecule has 22 heavy (non-hydrogen) atoms. The van der Waals surface area contributed by atoms with Gasteiger partial charge in [0.15, 0.2) is 0 Å². The first-order valence-corrected chi connectivity index (χ1v) is 7.77. The number of carbonyl (C=O) groups excluding carboxylic acids is 1. The zero-order valence-corrected chi connectivity index (χ0v) is 12.3. The molecule has 0 spiro atoms. The Labute approximate surface area is 129 Å². The normalized spacial score (nSPS) is 26.8. The fourth-order valence-electron chi connectivity index (χ4n) is 3.77. The van der Waals surface area contributed by atoms with Crippen LogP contribution in [0.4, 0.5) is 0 Å². The van der Waals surface area contributed by atoms with Gasteiger partial charge in [0.05, 0.1) is 11.1 Å². The molecular weight excluding hydrogens is 276 g/mol. The summed E-state index contributed by atoms with van der Waals surface area (Å²) in [4.78, 5) is 14.9. The van der Waals surface area contributed by atoms with Crippen LogP contribution in [0.1, 0.15) is 28.8 Å². The maximum absolute atomic E-state index is 12.5. The van der Waals surface area contributed by atoms with Gasteiger partial charge in [-0.25, -0.2) is 0 Å². The predicted molar refractivity (Wildman–Crippen MR) is 82.5 cm³/mol. The summed E-state index contributed by atoms with van der Waals surface area (Å²) in [5.74, 6) is 0.692. The number of hydrogen-bond acceptors (Lipinski definition) is 3. The van der Waals surface area contributed by atoms with Crippen molar-refractivity contribution in [2.24, 2.45) is 5.92 Å². The second-order valence-corrected chi connectivity index (χ2v) is 6.37. The van der Waals surface area contributed by atoms with Gasteiger partial charge in [0.1, 0.15) is 6.07 Å². The molecule has 5 heteroatoms. The van der Waals surface area contributed by atoms with Gasteiger partial charge < -0.3 is 14.6 Å². The van der Waals surface area contributed by atoms with Gasteiger partial charge in [0, 0.05) is 37.1 Å². The molecule has 0 aliphatic carbocycles. The molecule has 3 atom stereocenters. The number of nitriles is 1. The number of nitrogens with one attached hydrogen (secondary N) is 1. The van der Waals surface area contributed by atoms with Crippen molar-refractivity contribution >= 4 is 11.4 Å². The average Bonchev–Trinajstić information content (AvgIpc) is 3.09. The van der Waals surface area contributed by atoms with Gasteiger partial charge >= 0.3 is 0 Å². The van der Waals surface area contributed by atoms with E-state index in [1.165, 1.54) is 19.5 Å². The molecule has 2 saturated heterocycles. The standard InChI is InChI=1S/C17H18N4O/c18-9-14-3-6-21-5-2-13(8-16(14)21)17(22)19-15-7-12-1-4-20(10-12)11-15/h2-3,5-6,8,12,15H,1,4,7,10-11H2,(H,19,22)/t12-,15+/m0/s1. The molecule has 112 valence electrons. The number of amides is 1. The Morgan fingerprint density at radius 3 is 3.00 bits per heavy atom. The lowest BCUT2D eigenvalue weighted by Gasteiger charge is -2.30. The van der Waals surface area contributed by atoms with Crippen molar-refractivity contribution in [1.82, 2.24) is 14.6 Å². The van der Waals surface area contributed by atoms with Gasteiger partial charge in [0.25, 0.3) is 5.91 Å². The molecule has 2 aromatic heterocycles. The lowest BCUT2D eigenvalue weighted by molar-refractivity contribution is 0.0909. The molecule has 2 bridgehead atoms. The minimum absolute atomic E-state index is 0.0416. The smallest absolute Gasteiger partial charge is 0.251 e. The Bertz CT molecular complexity index is 761. The number of aromatic nitrogens is 1. The van der Waals surface area contributed by atoms with Crippen molar-refractivity contribution in [1.29, 1.82) is 5.26 Å². The molecule has 0 aromatic carbocycles. The van der Waals surface area contributed by atoms with Gasteiger partial charge in [-0.1, -0.05) is 0 Å². The second kappa shape index (κ2) is 5.15. The molecule has 0 saturated carbocycles. The lowest BCUT2D eigenvalue weighted by atomic mass is 9.96. The predicted octanol–water partition coefficient (Wildman–Crippen LogP) is 1.63. The van der Waals surface area contributed by atoms with Crippen molar-refractivity contribution in [2.45, 2.75) is 18.9 Å². The summed E-state index contributed by atoms with van der Waals surface area (Å²) in [6.07, 6.45) is 6.01. The van der Waals surface area contributed by atoms with Crippen LogP contribution < -0.4 is 5.32 Å². The maximum Gasteiger partial charge on any atom is 0.251 e. The molecular formula is C17H18N4O. The zero-order valence-electron chi connectivity index (χ0n) is 12.3.